The van der Waals surface area contributed by atoms with Gasteiger partial charge in [0.1, 0.15) is 5.75 Å². The molecule has 1 aliphatic rings. The third kappa shape index (κ3) is 3.45. The Morgan fingerprint density at radius 2 is 1.84 bits per heavy atom. The minimum absolute atomic E-state index is 0.0282. The molecule has 2 aromatic rings. The first-order chi connectivity index (χ1) is 11.9. The normalized spacial score (nSPS) is 18.7. The Hall–Kier alpha value is -2.56. The number of ether oxygens (including phenoxy) is 2. The summed E-state index contributed by atoms with van der Waals surface area (Å²) in [4.78, 5) is 24.3. The molecule has 1 aliphatic carbocycles. The molecule has 132 valence electrons. The molecular weight excluding hydrogens is 318 g/mol. The van der Waals surface area contributed by atoms with Gasteiger partial charge in [0.05, 0.1) is 13.0 Å². The molecule has 0 N–H and O–H groups in total. The molecule has 1 saturated carbocycles. The summed E-state index contributed by atoms with van der Waals surface area (Å²) in [6, 6.07) is 9.50. The van der Waals surface area contributed by atoms with E-state index in [0.29, 0.717) is 11.5 Å². The van der Waals surface area contributed by atoms with Gasteiger partial charge in [0.25, 0.3) is 0 Å². The summed E-state index contributed by atoms with van der Waals surface area (Å²) in [7, 11) is 1.63. The van der Waals surface area contributed by atoms with Gasteiger partial charge in [-0.15, -0.1) is 0 Å². The van der Waals surface area contributed by atoms with Crippen molar-refractivity contribution < 1.29 is 19.1 Å². The Morgan fingerprint density at radius 3 is 2.40 bits per heavy atom. The largest absolute Gasteiger partial charge is 0.497 e. The first kappa shape index (κ1) is 17.3. The van der Waals surface area contributed by atoms with Gasteiger partial charge in [-0.25, -0.2) is 0 Å². The minimum atomic E-state index is -0.259. The lowest BCUT2D eigenvalue weighted by Gasteiger charge is -2.11. The van der Waals surface area contributed by atoms with E-state index in [0.717, 1.165) is 29.2 Å². The van der Waals surface area contributed by atoms with E-state index in [9.17, 15) is 9.59 Å². The van der Waals surface area contributed by atoms with E-state index in [1.807, 2.05) is 55.7 Å². The second-order valence-electron chi connectivity index (χ2n) is 6.67. The molecule has 0 radical (unpaired) electrons. The Bertz CT molecular complexity index is 804. The van der Waals surface area contributed by atoms with E-state index in [1.54, 1.807) is 7.11 Å². The van der Waals surface area contributed by atoms with Gasteiger partial charge in [0.2, 0.25) is 5.78 Å². The zero-order valence-electron chi connectivity index (χ0n) is 15.0. The van der Waals surface area contributed by atoms with E-state index < -0.39 is 0 Å². The number of rotatable bonds is 6. The fraction of sp³-hybridized carbons (Fsp3) is 0.400. The maximum atomic E-state index is 12.5. The molecule has 1 aromatic carbocycles. The molecule has 0 saturated heterocycles. The van der Waals surface area contributed by atoms with Crippen LogP contribution in [0.2, 0.25) is 0 Å². The molecule has 0 bridgehead atoms. The van der Waals surface area contributed by atoms with Crippen molar-refractivity contribution in [2.45, 2.75) is 27.2 Å². The number of carbonyl (C=O) groups excluding carboxylic acids is 2. The van der Waals surface area contributed by atoms with E-state index in [1.165, 1.54) is 0 Å². The van der Waals surface area contributed by atoms with Crippen LogP contribution in [0.3, 0.4) is 0 Å². The third-order valence-electron chi connectivity index (χ3n) is 4.82. The number of hydrogen-bond acceptors (Lipinski definition) is 4. The molecule has 2 atom stereocenters. The van der Waals surface area contributed by atoms with Crippen molar-refractivity contribution in [2.24, 2.45) is 11.8 Å². The third-order valence-corrected chi connectivity index (χ3v) is 4.82. The lowest BCUT2D eigenvalue weighted by molar-refractivity contribution is -0.144. The van der Waals surface area contributed by atoms with Crippen LogP contribution < -0.4 is 4.74 Å². The van der Waals surface area contributed by atoms with E-state index in [2.05, 4.69) is 0 Å². The fourth-order valence-corrected chi connectivity index (χ4v) is 3.15. The molecule has 5 nitrogen and oxygen atoms in total. The molecule has 0 spiro atoms. The standard InChI is InChI=1S/C20H23NO4/c1-12-9-17(12)20(23)25-11-19(22)18-10-13(2)21(14(18)3)15-5-7-16(24-4)8-6-15/h5-8,10,12,17H,9,11H2,1-4H3/t12-,17+/m0/s1. The van der Waals surface area contributed by atoms with Crippen molar-refractivity contribution in [3.8, 4) is 11.4 Å². The van der Waals surface area contributed by atoms with Crippen LogP contribution >= 0.6 is 0 Å². The van der Waals surface area contributed by atoms with Crippen molar-refractivity contribution in [3.63, 3.8) is 0 Å². The minimum Gasteiger partial charge on any atom is -0.497 e. The highest BCUT2D eigenvalue weighted by atomic mass is 16.5. The van der Waals surface area contributed by atoms with Crippen LogP contribution in [0.5, 0.6) is 5.75 Å². The Balaban J connectivity index is 1.76. The van der Waals surface area contributed by atoms with Crippen LogP contribution in [-0.2, 0) is 9.53 Å². The summed E-state index contributed by atoms with van der Waals surface area (Å²) < 4.78 is 12.4. The molecule has 0 amide bonds. The number of benzene rings is 1. The van der Waals surface area contributed by atoms with Crippen molar-refractivity contribution in [1.82, 2.24) is 4.57 Å². The number of esters is 1. The van der Waals surface area contributed by atoms with Gasteiger partial charge < -0.3 is 14.0 Å². The quantitative estimate of drug-likeness (QED) is 0.596. The van der Waals surface area contributed by atoms with Crippen LogP contribution in [0.15, 0.2) is 30.3 Å². The summed E-state index contributed by atoms with van der Waals surface area (Å²) in [5, 5.41) is 0. The van der Waals surface area contributed by atoms with Gasteiger partial charge in [-0.2, -0.15) is 0 Å². The summed E-state index contributed by atoms with van der Waals surface area (Å²) in [6.45, 7) is 5.66. The van der Waals surface area contributed by atoms with Gasteiger partial charge in [0, 0.05) is 22.6 Å². The lowest BCUT2D eigenvalue weighted by Crippen LogP contribution is -2.16. The highest BCUT2D eigenvalue weighted by Gasteiger charge is 2.40. The zero-order valence-corrected chi connectivity index (χ0v) is 15.0. The molecule has 1 heterocycles. The first-order valence-electron chi connectivity index (χ1n) is 8.45. The van der Waals surface area contributed by atoms with Gasteiger partial charge in [0.15, 0.2) is 6.61 Å². The number of nitrogens with zero attached hydrogens (tertiary/aromatic N) is 1. The maximum absolute atomic E-state index is 12.5. The summed E-state index contributed by atoms with van der Waals surface area (Å²) >= 11 is 0. The second-order valence-corrected chi connectivity index (χ2v) is 6.67. The Kier molecular flexibility index (Phi) is 4.66. The fourth-order valence-electron chi connectivity index (χ4n) is 3.15. The Labute approximate surface area is 147 Å². The zero-order chi connectivity index (χ0) is 18.1. The first-order valence-corrected chi connectivity index (χ1v) is 8.45. The topological polar surface area (TPSA) is 57.5 Å². The molecule has 1 fully saturated rings. The summed E-state index contributed by atoms with van der Waals surface area (Å²) in [5.41, 5.74) is 3.33. The molecule has 3 rings (SSSR count). The molecule has 1 aromatic heterocycles. The van der Waals surface area contributed by atoms with Crippen LogP contribution in [0.25, 0.3) is 5.69 Å². The van der Waals surface area contributed by atoms with Crippen LogP contribution in [0.4, 0.5) is 0 Å². The highest BCUT2D eigenvalue weighted by molar-refractivity contribution is 5.99. The lowest BCUT2D eigenvalue weighted by atomic mass is 10.1. The number of ketones is 1. The number of hydrogen-bond donors (Lipinski definition) is 0. The maximum Gasteiger partial charge on any atom is 0.309 e. The predicted molar refractivity (Wildman–Crippen MR) is 94.4 cm³/mol. The SMILES string of the molecule is COc1ccc(-n2c(C)cc(C(=O)COC(=O)[C@@H]3C[C@@H]3C)c2C)cc1. The van der Waals surface area contributed by atoms with Crippen molar-refractivity contribution in [3.05, 3.63) is 47.3 Å². The Morgan fingerprint density at radius 1 is 1.20 bits per heavy atom. The van der Waals surface area contributed by atoms with Gasteiger partial charge in [-0.05, 0) is 56.5 Å². The van der Waals surface area contributed by atoms with E-state index in [4.69, 9.17) is 9.47 Å². The average Bonchev–Trinajstić information content (AvgIpc) is 3.26. The number of aryl methyl sites for hydroxylation is 1. The van der Waals surface area contributed by atoms with Crippen molar-refractivity contribution in [2.75, 3.05) is 13.7 Å². The van der Waals surface area contributed by atoms with E-state index in [-0.39, 0.29) is 24.3 Å². The number of aromatic nitrogens is 1. The molecule has 0 unspecified atom stereocenters. The average molecular weight is 341 g/mol. The van der Waals surface area contributed by atoms with Gasteiger partial charge >= 0.3 is 5.97 Å². The predicted octanol–water partition coefficient (Wildman–Crippen LogP) is 3.48. The highest BCUT2D eigenvalue weighted by Crippen LogP contribution is 2.38. The van der Waals surface area contributed by atoms with Gasteiger partial charge in [-0.1, -0.05) is 6.92 Å². The van der Waals surface area contributed by atoms with E-state index >= 15 is 0 Å². The van der Waals surface area contributed by atoms with Crippen LogP contribution in [-0.4, -0.2) is 30.0 Å². The van der Waals surface area contributed by atoms with Crippen molar-refractivity contribution >= 4 is 11.8 Å². The second kappa shape index (κ2) is 6.75. The molecule has 25 heavy (non-hydrogen) atoms. The monoisotopic (exact) mass is 341 g/mol. The number of carbonyl (C=O) groups is 2. The molecule has 5 heteroatoms. The van der Waals surface area contributed by atoms with Crippen LogP contribution in [0, 0.1) is 25.7 Å². The number of Topliss-reactive ketones (excluding diaryl/α,β-unsaturated/α-hetero) is 1. The van der Waals surface area contributed by atoms with Crippen LogP contribution in [0.1, 0.15) is 35.1 Å². The number of methoxy groups -OCH3 is 1. The summed E-state index contributed by atoms with van der Waals surface area (Å²) in [5.74, 6) is 0.699. The summed E-state index contributed by atoms with van der Waals surface area (Å²) in [6.07, 6.45) is 0.860. The molecule has 0 aliphatic heterocycles. The van der Waals surface area contributed by atoms with Crippen molar-refractivity contribution in [1.29, 1.82) is 0 Å². The smallest absolute Gasteiger partial charge is 0.309 e. The molecular formula is C20H23NO4. The van der Waals surface area contributed by atoms with Gasteiger partial charge in [-0.3, -0.25) is 9.59 Å².